The Morgan fingerprint density at radius 1 is 0.444 bits per heavy atom. The lowest BCUT2D eigenvalue weighted by molar-refractivity contribution is 0.214. The maximum Gasteiger partial charge on any atom is 0.252 e. The molecular weight excluding hydrogens is 870 g/mol. The van der Waals surface area contributed by atoms with E-state index >= 15 is 0 Å². The molecule has 4 unspecified atom stereocenters. The molecule has 5 heterocycles. The van der Waals surface area contributed by atoms with Gasteiger partial charge in [-0.15, -0.1) is 0 Å². The molecule has 4 atom stereocenters. The molecule has 7 aromatic carbocycles. The second kappa shape index (κ2) is 14.4. The Morgan fingerprint density at radius 2 is 1.00 bits per heavy atom. The van der Waals surface area contributed by atoms with E-state index < -0.39 is 0 Å². The summed E-state index contributed by atoms with van der Waals surface area (Å²) in [6.07, 6.45) is 9.41. The van der Waals surface area contributed by atoms with Crippen molar-refractivity contribution in [1.29, 1.82) is 0 Å². The number of nitrogens with zero attached hydrogens (tertiary/aromatic N) is 3. The van der Waals surface area contributed by atoms with Gasteiger partial charge < -0.3 is 14.4 Å². The van der Waals surface area contributed by atoms with Crippen molar-refractivity contribution in [3.63, 3.8) is 0 Å². The van der Waals surface area contributed by atoms with Gasteiger partial charge in [0, 0.05) is 55.6 Å². The summed E-state index contributed by atoms with van der Waals surface area (Å²) in [5, 5.41) is 2.75. The average Bonchev–Trinajstić information content (AvgIpc) is 3.91. The highest BCUT2D eigenvalue weighted by Crippen LogP contribution is 2.67. The van der Waals surface area contributed by atoms with Gasteiger partial charge in [0.15, 0.2) is 0 Å². The third-order valence-corrected chi connectivity index (χ3v) is 20.0. The summed E-state index contributed by atoms with van der Waals surface area (Å²) in [5.41, 5.74) is 23.4. The molecule has 0 spiro atoms. The molecule has 72 heavy (non-hydrogen) atoms. The van der Waals surface area contributed by atoms with Gasteiger partial charge in [-0.3, -0.25) is 0 Å². The lowest BCUT2D eigenvalue weighted by Crippen LogP contribution is -2.64. The quantitative estimate of drug-likeness (QED) is 0.164. The summed E-state index contributed by atoms with van der Waals surface area (Å²) < 4.78 is 2.75. The number of anilines is 4. The van der Waals surface area contributed by atoms with Crippen LogP contribution in [-0.4, -0.2) is 22.4 Å². The van der Waals surface area contributed by atoms with Crippen LogP contribution in [0.1, 0.15) is 166 Å². The van der Waals surface area contributed by atoms with Gasteiger partial charge >= 0.3 is 0 Å². The Kier molecular flexibility index (Phi) is 8.93. The van der Waals surface area contributed by atoms with Crippen LogP contribution >= 0.6 is 0 Å². The topological polar surface area (TPSA) is 11.4 Å². The van der Waals surface area contributed by atoms with Gasteiger partial charge in [-0.1, -0.05) is 191 Å². The molecule has 3 nitrogen and oxygen atoms in total. The minimum absolute atomic E-state index is 0.0151. The van der Waals surface area contributed by atoms with Crippen LogP contribution in [0.3, 0.4) is 0 Å². The first-order chi connectivity index (χ1) is 34.3. The van der Waals surface area contributed by atoms with Gasteiger partial charge in [-0.2, -0.15) is 0 Å². The molecule has 8 aromatic rings. The molecule has 0 bridgehead atoms. The normalized spacial score (nSPS) is 24.8. The molecular formula is C68H72BN3. The zero-order valence-electron chi connectivity index (χ0n) is 44.9. The van der Waals surface area contributed by atoms with Crippen molar-refractivity contribution in [3.05, 3.63) is 178 Å². The van der Waals surface area contributed by atoms with E-state index in [9.17, 15) is 0 Å². The molecule has 362 valence electrons. The van der Waals surface area contributed by atoms with Crippen molar-refractivity contribution in [2.45, 2.75) is 166 Å². The van der Waals surface area contributed by atoms with E-state index in [1.165, 1.54) is 131 Å². The minimum Gasteiger partial charge on any atom is -0.335 e. The standard InChI is InChI=1S/C68H72BN3/c1-62(2,3)45-29-31-55-49(37-45)50-38-47(64(7,8)9)40-54-60(50)70(55)57-41-48(71-56-32-30-46(63(4,5)6)39-52(56)68(44-25-16-13-17-26-44)36-21-18-33-65(68,71)10)42-58-59(57)69(54)53-28-22-27-51-61(53)72(58)66(11)34-19-20-35-67(51,66)43-23-14-12-15-24-43/h12-17,22-32,37-42H,18-21,33-36H2,1-11H3. The Labute approximate surface area is 429 Å². The molecule has 2 fully saturated rings. The molecule has 6 aliphatic rings. The van der Waals surface area contributed by atoms with Crippen LogP contribution in [0.15, 0.2) is 140 Å². The van der Waals surface area contributed by atoms with Crippen molar-refractivity contribution >= 4 is 67.7 Å². The van der Waals surface area contributed by atoms with Crippen LogP contribution < -0.4 is 26.2 Å². The molecule has 0 saturated heterocycles. The second-order valence-corrected chi connectivity index (χ2v) is 26.8. The van der Waals surface area contributed by atoms with Crippen molar-refractivity contribution in [2.24, 2.45) is 0 Å². The highest BCUT2D eigenvalue weighted by atomic mass is 15.3. The van der Waals surface area contributed by atoms with Crippen LogP contribution in [0.5, 0.6) is 0 Å². The van der Waals surface area contributed by atoms with E-state index in [0.717, 1.165) is 25.7 Å². The molecule has 2 saturated carbocycles. The van der Waals surface area contributed by atoms with Gasteiger partial charge in [0.25, 0.3) is 6.71 Å². The van der Waals surface area contributed by atoms with Gasteiger partial charge in [0.2, 0.25) is 0 Å². The first kappa shape index (κ1) is 44.7. The molecule has 2 aliphatic carbocycles. The third kappa shape index (κ3) is 5.45. The number of hydrogen-bond acceptors (Lipinski definition) is 2. The average molecular weight is 942 g/mol. The fourth-order valence-electron chi connectivity index (χ4n) is 16.5. The smallest absolute Gasteiger partial charge is 0.252 e. The van der Waals surface area contributed by atoms with Crippen LogP contribution in [0.25, 0.3) is 27.5 Å². The number of hydrogen-bond donors (Lipinski definition) is 0. The van der Waals surface area contributed by atoms with Crippen LogP contribution in [0, 0.1) is 0 Å². The Bertz CT molecular complexity index is 3600. The van der Waals surface area contributed by atoms with E-state index in [1.807, 2.05) is 0 Å². The summed E-state index contributed by atoms with van der Waals surface area (Å²) >= 11 is 0. The second-order valence-electron chi connectivity index (χ2n) is 26.8. The first-order valence-corrected chi connectivity index (χ1v) is 27.6. The molecule has 14 rings (SSSR count). The lowest BCUT2D eigenvalue weighted by Gasteiger charge is -2.54. The summed E-state index contributed by atoms with van der Waals surface area (Å²) in [5.74, 6) is 0. The molecule has 0 N–H and O–H groups in total. The Morgan fingerprint density at radius 3 is 1.64 bits per heavy atom. The summed E-state index contributed by atoms with van der Waals surface area (Å²) in [6, 6.07) is 56.6. The van der Waals surface area contributed by atoms with Gasteiger partial charge in [-0.05, 0) is 148 Å². The van der Waals surface area contributed by atoms with Crippen LogP contribution in [0.2, 0.25) is 0 Å². The summed E-state index contributed by atoms with van der Waals surface area (Å²) in [7, 11) is 0. The Balaban J connectivity index is 1.15. The highest BCUT2D eigenvalue weighted by molar-refractivity contribution is 7.00. The van der Waals surface area contributed by atoms with E-state index in [1.54, 1.807) is 0 Å². The maximum atomic E-state index is 2.97. The summed E-state index contributed by atoms with van der Waals surface area (Å²) in [6.45, 7) is 26.9. The van der Waals surface area contributed by atoms with Crippen molar-refractivity contribution in [3.8, 4) is 5.69 Å². The number of rotatable bonds is 3. The number of benzene rings is 7. The zero-order chi connectivity index (χ0) is 49.7. The molecule has 0 amide bonds. The third-order valence-electron chi connectivity index (χ3n) is 20.0. The predicted molar refractivity (Wildman–Crippen MR) is 307 cm³/mol. The van der Waals surface area contributed by atoms with Crippen molar-refractivity contribution in [1.82, 2.24) is 4.57 Å². The van der Waals surface area contributed by atoms with Gasteiger partial charge in [-0.25, -0.2) is 0 Å². The minimum atomic E-state index is -0.221. The van der Waals surface area contributed by atoms with Crippen LogP contribution in [-0.2, 0) is 27.1 Å². The Hall–Kier alpha value is -6.00. The first-order valence-electron chi connectivity index (χ1n) is 27.6. The lowest BCUT2D eigenvalue weighted by atomic mass is 9.33. The van der Waals surface area contributed by atoms with E-state index in [0.29, 0.717) is 0 Å². The molecule has 1 aromatic heterocycles. The predicted octanol–water partition coefficient (Wildman–Crippen LogP) is 15.4. The molecule has 0 radical (unpaired) electrons. The number of aromatic nitrogens is 1. The molecule has 4 heteroatoms. The SMILES string of the molecule is CC(C)(C)c1ccc2c(c1)C1(c3ccccc3)CCCCC1(C)N2c1cc2c3c(c1)-n1c4ccc(C(C)(C)C)cc4c4cc(C(C)(C)C)cc(c41)B3c1cccc3c1N2C1(C)CCCCC31c1ccccc1. The van der Waals surface area contributed by atoms with Gasteiger partial charge in [0.1, 0.15) is 0 Å². The maximum absolute atomic E-state index is 2.97. The van der Waals surface area contributed by atoms with E-state index in [4.69, 9.17) is 0 Å². The van der Waals surface area contributed by atoms with Crippen LogP contribution in [0.4, 0.5) is 22.7 Å². The van der Waals surface area contributed by atoms with Crippen molar-refractivity contribution in [2.75, 3.05) is 9.80 Å². The highest BCUT2D eigenvalue weighted by Gasteiger charge is 2.65. The fourth-order valence-corrected chi connectivity index (χ4v) is 16.5. The monoisotopic (exact) mass is 942 g/mol. The fraction of sp³-hybridized carbons (Fsp3) is 0.382. The largest absolute Gasteiger partial charge is 0.335 e. The van der Waals surface area contributed by atoms with Gasteiger partial charge in [0.05, 0.1) is 16.6 Å². The summed E-state index contributed by atoms with van der Waals surface area (Å²) in [4.78, 5) is 5.87. The van der Waals surface area contributed by atoms with E-state index in [2.05, 4.69) is 230 Å². The number of para-hydroxylation sites is 1. The molecule has 4 aliphatic heterocycles. The van der Waals surface area contributed by atoms with E-state index in [-0.39, 0.29) is 44.9 Å². The van der Waals surface area contributed by atoms with Crippen molar-refractivity contribution < 1.29 is 0 Å². The number of fused-ring (bicyclic) bond motifs is 13. The zero-order valence-corrected chi connectivity index (χ0v) is 44.9.